The Morgan fingerprint density at radius 3 is 3.00 bits per heavy atom. The second-order valence-electron chi connectivity index (χ2n) is 2.64. The average molecular weight is 162 g/mol. The van der Waals surface area contributed by atoms with E-state index in [0.717, 1.165) is 17.3 Å². The molecule has 60 valence electrons. The average Bonchev–Trinajstić information content (AvgIpc) is 2.07. The van der Waals surface area contributed by atoms with Crippen LogP contribution in [0.15, 0.2) is 24.4 Å². The molecule has 3 heteroatoms. The molecular weight excluding hydrogens is 155 g/mol. The number of aromatic nitrogens is 2. The highest BCUT2D eigenvalue weighted by molar-refractivity contribution is 5.77. The van der Waals surface area contributed by atoms with E-state index in [1.54, 1.807) is 0 Å². The summed E-state index contributed by atoms with van der Waals surface area (Å²) < 4.78 is 12.6. The molecule has 1 heterocycles. The van der Waals surface area contributed by atoms with Crippen molar-refractivity contribution in [3.8, 4) is 0 Å². The second-order valence-corrected chi connectivity index (χ2v) is 2.64. The Kier molecular flexibility index (Phi) is 1.50. The van der Waals surface area contributed by atoms with Gasteiger partial charge in [0, 0.05) is 0 Å². The first-order valence-electron chi connectivity index (χ1n) is 3.65. The lowest BCUT2D eigenvalue weighted by Gasteiger charge is -1.98. The molecule has 0 radical (unpaired) electrons. The summed E-state index contributed by atoms with van der Waals surface area (Å²) in [6.07, 6.45) is 1.13. The number of halogens is 1. The van der Waals surface area contributed by atoms with Crippen molar-refractivity contribution in [1.29, 1.82) is 0 Å². The standard InChI is InChI=1S/C9H7FN2/c1-6-3-2-4-7-9(6)12-8(10)5-11-7/h2-5H,1H3. The fourth-order valence-electron chi connectivity index (χ4n) is 1.15. The van der Waals surface area contributed by atoms with Crippen LogP contribution in [0.4, 0.5) is 4.39 Å². The van der Waals surface area contributed by atoms with Gasteiger partial charge in [0.15, 0.2) is 0 Å². The van der Waals surface area contributed by atoms with Crippen LogP contribution in [0.2, 0.25) is 0 Å². The zero-order valence-corrected chi connectivity index (χ0v) is 6.58. The lowest BCUT2D eigenvalue weighted by Crippen LogP contribution is -1.89. The maximum absolute atomic E-state index is 12.6. The van der Waals surface area contributed by atoms with Crippen molar-refractivity contribution in [2.45, 2.75) is 6.92 Å². The van der Waals surface area contributed by atoms with Crippen molar-refractivity contribution >= 4 is 11.0 Å². The molecule has 0 amide bonds. The van der Waals surface area contributed by atoms with Gasteiger partial charge in [-0.2, -0.15) is 4.39 Å². The summed E-state index contributed by atoms with van der Waals surface area (Å²) in [4.78, 5) is 7.65. The Morgan fingerprint density at radius 1 is 1.33 bits per heavy atom. The molecule has 2 aromatic rings. The lowest BCUT2D eigenvalue weighted by molar-refractivity contribution is 0.583. The van der Waals surface area contributed by atoms with Crippen LogP contribution in [0, 0.1) is 12.9 Å². The summed E-state index contributed by atoms with van der Waals surface area (Å²) in [5.74, 6) is -0.531. The van der Waals surface area contributed by atoms with Crippen molar-refractivity contribution in [3.63, 3.8) is 0 Å². The van der Waals surface area contributed by atoms with Crippen LogP contribution in [0.5, 0.6) is 0 Å². The third kappa shape index (κ3) is 1.03. The Hall–Kier alpha value is -1.51. The zero-order chi connectivity index (χ0) is 8.55. The fraction of sp³-hybridized carbons (Fsp3) is 0.111. The number of aryl methyl sites for hydroxylation is 1. The number of hydrogen-bond acceptors (Lipinski definition) is 2. The minimum atomic E-state index is -0.531. The van der Waals surface area contributed by atoms with Gasteiger partial charge in [-0.05, 0) is 18.6 Å². The number of rotatable bonds is 0. The van der Waals surface area contributed by atoms with Gasteiger partial charge in [-0.3, -0.25) is 0 Å². The van der Waals surface area contributed by atoms with Gasteiger partial charge in [-0.25, -0.2) is 9.97 Å². The van der Waals surface area contributed by atoms with E-state index >= 15 is 0 Å². The molecule has 0 saturated carbocycles. The van der Waals surface area contributed by atoms with E-state index in [1.807, 2.05) is 25.1 Å². The molecule has 0 aliphatic rings. The van der Waals surface area contributed by atoms with Crippen LogP contribution >= 0.6 is 0 Å². The monoisotopic (exact) mass is 162 g/mol. The molecular formula is C9H7FN2. The maximum atomic E-state index is 12.6. The molecule has 2 nitrogen and oxygen atoms in total. The summed E-state index contributed by atoms with van der Waals surface area (Å²) in [6.45, 7) is 1.89. The highest BCUT2D eigenvalue weighted by Gasteiger charge is 1.99. The Labute approximate surface area is 69.1 Å². The first-order valence-corrected chi connectivity index (χ1v) is 3.65. The van der Waals surface area contributed by atoms with Crippen molar-refractivity contribution < 1.29 is 4.39 Å². The van der Waals surface area contributed by atoms with Crippen molar-refractivity contribution in [2.24, 2.45) is 0 Å². The van der Waals surface area contributed by atoms with Crippen molar-refractivity contribution in [2.75, 3.05) is 0 Å². The minimum Gasteiger partial charge on any atom is -0.250 e. The van der Waals surface area contributed by atoms with Gasteiger partial charge in [0.05, 0.1) is 17.2 Å². The van der Waals surface area contributed by atoms with Crippen LogP contribution in [-0.2, 0) is 0 Å². The minimum absolute atomic E-state index is 0.531. The molecule has 0 unspecified atom stereocenters. The van der Waals surface area contributed by atoms with Crippen LogP contribution in [0.1, 0.15) is 5.56 Å². The number of nitrogens with zero attached hydrogens (tertiary/aromatic N) is 2. The van der Waals surface area contributed by atoms with E-state index < -0.39 is 5.95 Å². The number of para-hydroxylation sites is 1. The molecule has 12 heavy (non-hydrogen) atoms. The normalized spacial score (nSPS) is 10.5. The summed E-state index contributed by atoms with van der Waals surface area (Å²) >= 11 is 0. The molecule has 0 atom stereocenters. The van der Waals surface area contributed by atoms with Gasteiger partial charge in [0.2, 0.25) is 5.95 Å². The smallest absolute Gasteiger partial charge is 0.231 e. The van der Waals surface area contributed by atoms with Crippen LogP contribution in [0.3, 0.4) is 0 Å². The molecule has 0 aliphatic carbocycles. The van der Waals surface area contributed by atoms with Gasteiger partial charge in [-0.1, -0.05) is 12.1 Å². The number of hydrogen-bond donors (Lipinski definition) is 0. The molecule has 0 aliphatic heterocycles. The SMILES string of the molecule is Cc1cccc2ncc(F)nc12. The molecule has 0 spiro atoms. The molecule has 0 N–H and O–H groups in total. The summed E-state index contributed by atoms with van der Waals surface area (Å²) in [5, 5.41) is 0. The largest absolute Gasteiger partial charge is 0.250 e. The molecule has 2 rings (SSSR count). The van der Waals surface area contributed by atoms with E-state index in [-0.39, 0.29) is 0 Å². The summed E-state index contributed by atoms with van der Waals surface area (Å²) in [7, 11) is 0. The van der Waals surface area contributed by atoms with Crippen LogP contribution < -0.4 is 0 Å². The topological polar surface area (TPSA) is 25.8 Å². The predicted octanol–water partition coefficient (Wildman–Crippen LogP) is 2.08. The summed E-state index contributed by atoms with van der Waals surface area (Å²) in [6, 6.07) is 5.58. The second kappa shape index (κ2) is 2.52. The van der Waals surface area contributed by atoms with Gasteiger partial charge in [-0.15, -0.1) is 0 Å². The van der Waals surface area contributed by atoms with E-state index in [9.17, 15) is 4.39 Å². The number of fused-ring (bicyclic) bond motifs is 1. The van der Waals surface area contributed by atoms with Crippen LogP contribution in [0.25, 0.3) is 11.0 Å². The zero-order valence-electron chi connectivity index (χ0n) is 6.58. The van der Waals surface area contributed by atoms with Gasteiger partial charge in [0.25, 0.3) is 0 Å². The quantitative estimate of drug-likeness (QED) is 0.592. The molecule has 0 saturated heterocycles. The first kappa shape index (κ1) is 7.16. The Balaban J connectivity index is 2.88. The highest BCUT2D eigenvalue weighted by Crippen LogP contribution is 2.12. The van der Waals surface area contributed by atoms with Crippen LogP contribution in [-0.4, -0.2) is 9.97 Å². The van der Waals surface area contributed by atoms with Gasteiger partial charge < -0.3 is 0 Å². The maximum Gasteiger partial charge on any atom is 0.231 e. The molecule has 0 bridgehead atoms. The third-order valence-electron chi connectivity index (χ3n) is 1.75. The molecule has 1 aromatic heterocycles. The van der Waals surface area contributed by atoms with E-state index in [2.05, 4.69) is 9.97 Å². The Bertz CT molecular complexity index is 426. The molecule has 0 fully saturated rings. The van der Waals surface area contributed by atoms with E-state index in [0.29, 0.717) is 5.52 Å². The first-order chi connectivity index (χ1) is 5.77. The third-order valence-corrected chi connectivity index (χ3v) is 1.75. The molecule has 1 aromatic carbocycles. The number of benzene rings is 1. The van der Waals surface area contributed by atoms with E-state index in [1.165, 1.54) is 0 Å². The lowest BCUT2D eigenvalue weighted by atomic mass is 10.2. The fourth-order valence-corrected chi connectivity index (χ4v) is 1.15. The predicted molar refractivity (Wildman–Crippen MR) is 44.2 cm³/mol. The highest BCUT2D eigenvalue weighted by atomic mass is 19.1. The van der Waals surface area contributed by atoms with Gasteiger partial charge >= 0.3 is 0 Å². The van der Waals surface area contributed by atoms with Crippen molar-refractivity contribution in [1.82, 2.24) is 9.97 Å². The Morgan fingerprint density at radius 2 is 2.17 bits per heavy atom. The van der Waals surface area contributed by atoms with E-state index in [4.69, 9.17) is 0 Å². The summed E-state index contributed by atoms with van der Waals surface area (Å²) in [5.41, 5.74) is 2.31. The van der Waals surface area contributed by atoms with Gasteiger partial charge in [0.1, 0.15) is 0 Å². The van der Waals surface area contributed by atoms with Crippen molar-refractivity contribution in [3.05, 3.63) is 35.9 Å².